The van der Waals surface area contributed by atoms with E-state index in [1.807, 2.05) is 51.1 Å². The smallest absolute Gasteiger partial charge is 0.411 e. The number of ether oxygens (including phenoxy) is 1. The number of amides is 2. The zero-order chi connectivity index (χ0) is 15.5. The molecular weight excluding hydrogens is 288 g/mol. The molecule has 1 N–H and O–H groups in total. The molecular formula is C15H20N2O3S. The minimum atomic E-state index is -0.601. The maximum absolute atomic E-state index is 12.3. The number of benzene rings is 1. The third kappa shape index (κ3) is 4.39. The van der Waals surface area contributed by atoms with Crippen molar-refractivity contribution in [2.45, 2.75) is 36.6 Å². The van der Waals surface area contributed by atoms with Gasteiger partial charge in [0.2, 0.25) is 0 Å². The summed E-state index contributed by atoms with van der Waals surface area (Å²) in [6.07, 6.45) is -0.453. The average molecular weight is 308 g/mol. The lowest BCUT2D eigenvalue weighted by molar-refractivity contribution is -0.125. The Morgan fingerprint density at radius 2 is 2.00 bits per heavy atom. The van der Waals surface area contributed by atoms with Gasteiger partial charge in [-0.05, 0) is 32.9 Å². The van der Waals surface area contributed by atoms with Gasteiger partial charge in [0.15, 0.2) is 5.37 Å². The van der Waals surface area contributed by atoms with E-state index in [-0.39, 0.29) is 5.91 Å². The highest BCUT2D eigenvalue weighted by atomic mass is 32.2. The Morgan fingerprint density at radius 1 is 1.33 bits per heavy atom. The molecule has 5 nitrogen and oxygen atoms in total. The first kappa shape index (κ1) is 15.7. The van der Waals surface area contributed by atoms with Crippen LogP contribution in [0.4, 0.5) is 4.79 Å². The third-order valence-electron chi connectivity index (χ3n) is 2.78. The first-order chi connectivity index (χ1) is 9.87. The molecule has 0 aliphatic carbocycles. The molecule has 114 valence electrons. The lowest BCUT2D eigenvalue weighted by Crippen LogP contribution is -2.56. The van der Waals surface area contributed by atoms with Crippen LogP contribution in [0.1, 0.15) is 20.8 Å². The predicted octanol–water partition coefficient (Wildman–Crippen LogP) is 2.47. The van der Waals surface area contributed by atoms with Gasteiger partial charge >= 0.3 is 6.09 Å². The van der Waals surface area contributed by atoms with Gasteiger partial charge in [-0.15, -0.1) is 0 Å². The molecule has 1 aromatic rings. The van der Waals surface area contributed by atoms with Gasteiger partial charge in [0.05, 0.1) is 0 Å². The Morgan fingerprint density at radius 3 is 2.62 bits per heavy atom. The summed E-state index contributed by atoms with van der Waals surface area (Å²) >= 11 is 1.35. The van der Waals surface area contributed by atoms with Gasteiger partial charge in [-0.2, -0.15) is 0 Å². The maximum Gasteiger partial charge on any atom is 0.411 e. The van der Waals surface area contributed by atoms with Crippen LogP contribution in [-0.2, 0) is 9.53 Å². The van der Waals surface area contributed by atoms with Crippen molar-refractivity contribution in [1.82, 2.24) is 10.2 Å². The monoisotopic (exact) mass is 308 g/mol. The highest BCUT2D eigenvalue weighted by molar-refractivity contribution is 8.00. The molecule has 1 aliphatic heterocycles. The van der Waals surface area contributed by atoms with Gasteiger partial charge < -0.3 is 10.1 Å². The summed E-state index contributed by atoms with van der Waals surface area (Å²) in [5, 5.41) is 2.19. The van der Waals surface area contributed by atoms with Crippen molar-refractivity contribution in [2.24, 2.45) is 0 Å². The fraction of sp³-hybridized carbons (Fsp3) is 0.467. The Labute approximate surface area is 129 Å². The molecule has 0 bridgehead atoms. The number of nitrogens with one attached hydrogen (secondary N) is 1. The second-order valence-electron chi connectivity index (χ2n) is 5.75. The van der Waals surface area contributed by atoms with Crippen LogP contribution in [0.2, 0.25) is 0 Å². The number of thioether (sulfide) groups is 1. The van der Waals surface area contributed by atoms with Gasteiger partial charge in [-0.1, -0.05) is 30.0 Å². The third-order valence-corrected chi connectivity index (χ3v) is 4.01. The van der Waals surface area contributed by atoms with Crippen LogP contribution in [0, 0.1) is 0 Å². The molecule has 1 aromatic carbocycles. The van der Waals surface area contributed by atoms with E-state index >= 15 is 0 Å². The molecule has 0 aromatic heterocycles. The van der Waals surface area contributed by atoms with Crippen molar-refractivity contribution in [2.75, 3.05) is 13.1 Å². The van der Waals surface area contributed by atoms with Crippen LogP contribution in [0.3, 0.4) is 0 Å². The number of nitrogens with zero attached hydrogens (tertiary/aromatic N) is 1. The highest BCUT2D eigenvalue weighted by Gasteiger charge is 2.36. The minimum absolute atomic E-state index is 0.166. The average Bonchev–Trinajstić information content (AvgIpc) is 2.40. The Balaban J connectivity index is 2.13. The molecule has 1 heterocycles. The fourth-order valence-electron chi connectivity index (χ4n) is 1.90. The van der Waals surface area contributed by atoms with Crippen molar-refractivity contribution in [3.8, 4) is 0 Å². The SMILES string of the molecule is CC(C)(C)OC(=O)N1CCNC(=O)C1Sc1ccccc1. The first-order valence-corrected chi connectivity index (χ1v) is 7.74. The minimum Gasteiger partial charge on any atom is -0.444 e. The molecule has 1 unspecified atom stereocenters. The van der Waals surface area contributed by atoms with E-state index in [0.29, 0.717) is 13.1 Å². The van der Waals surface area contributed by atoms with Crippen molar-refractivity contribution in [1.29, 1.82) is 0 Å². The second-order valence-corrected chi connectivity index (χ2v) is 6.90. The normalized spacial score (nSPS) is 19.1. The first-order valence-electron chi connectivity index (χ1n) is 6.86. The summed E-state index contributed by atoms with van der Waals surface area (Å²) in [5.41, 5.74) is -0.576. The molecule has 6 heteroatoms. The lowest BCUT2D eigenvalue weighted by Gasteiger charge is -2.35. The number of carbonyl (C=O) groups excluding carboxylic acids is 2. The molecule has 0 spiro atoms. The van der Waals surface area contributed by atoms with Crippen molar-refractivity contribution < 1.29 is 14.3 Å². The Bertz CT molecular complexity index is 513. The van der Waals surface area contributed by atoms with Crippen molar-refractivity contribution in [3.63, 3.8) is 0 Å². The van der Waals surface area contributed by atoms with E-state index in [2.05, 4.69) is 5.32 Å². The van der Waals surface area contributed by atoms with Crippen LogP contribution < -0.4 is 5.32 Å². The molecule has 1 saturated heterocycles. The number of rotatable bonds is 2. The van der Waals surface area contributed by atoms with E-state index in [0.717, 1.165) is 4.90 Å². The summed E-state index contributed by atoms with van der Waals surface area (Å²) in [6.45, 7) is 6.34. The van der Waals surface area contributed by atoms with E-state index in [1.54, 1.807) is 0 Å². The summed E-state index contributed by atoms with van der Waals surface area (Å²) in [7, 11) is 0. The summed E-state index contributed by atoms with van der Waals surface area (Å²) < 4.78 is 5.39. The molecule has 1 aliphatic rings. The summed E-state index contributed by atoms with van der Waals surface area (Å²) in [4.78, 5) is 26.8. The molecule has 0 radical (unpaired) electrons. The fourth-order valence-corrected chi connectivity index (χ4v) is 2.98. The zero-order valence-electron chi connectivity index (χ0n) is 12.5. The van der Waals surface area contributed by atoms with Crippen LogP contribution in [0.5, 0.6) is 0 Å². The van der Waals surface area contributed by atoms with Crippen LogP contribution in [0.25, 0.3) is 0 Å². The molecule has 0 saturated carbocycles. The topological polar surface area (TPSA) is 58.6 Å². The largest absolute Gasteiger partial charge is 0.444 e. The lowest BCUT2D eigenvalue weighted by atomic mass is 10.2. The van der Waals surface area contributed by atoms with Gasteiger partial charge in [0, 0.05) is 18.0 Å². The summed E-state index contributed by atoms with van der Waals surface area (Å²) in [6, 6.07) is 9.55. The zero-order valence-corrected chi connectivity index (χ0v) is 13.3. The van der Waals surface area contributed by atoms with Crippen molar-refractivity contribution in [3.05, 3.63) is 30.3 Å². The molecule has 21 heavy (non-hydrogen) atoms. The Hall–Kier alpha value is -1.69. The van der Waals surface area contributed by atoms with E-state index in [4.69, 9.17) is 4.74 Å². The van der Waals surface area contributed by atoms with E-state index in [9.17, 15) is 9.59 Å². The molecule has 1 atom stereocenters. The van der Waals surface area contributed by atoms with Gasteiger partial charge in [0.25, 0.3) is 5.91 Å². The quantitative estimate of drug-likeness (QED) is 0.912. The number of carbonyl (C=O) groups is 2. The molecule has 1 fully saturated rings. The highest BCUT2D eigenvalue weighted by Crippen LogP contribution is 2.28. The van der Waals surface area contributed by atoms with Gasteiger partial charge in [-0.25, -0.2) is 4.79 Å². The predicted molar refractivity (Wildman–Crippen MR) is 82.0 cm³/mol. The second kappa shape index (κ2) is 6.39. The van der Waals surface area contributed by atoms with Crippen molar-refractivity contribution >= 4 is 23.8 Å². The summed E-state index contributed by atoms with van der Waals surface area (Å²) in [5.74, 6) is -0.166. The van der Waals surface area contributed by atoms with Crippen LogP contribution in [-0.4, -0.2) is 41.0 Å². The standard InChI is InChI=1S/C15H20N2O3S/c1-15(2,3)20-14(19)17-10-9-16-12(18)13(17)21-11-7-5-4-6-8-11/h4-8,13H,9-10H2,1-3H3,(H,16,18). The number of piperazine rings is 1. The molecule has 2 amide bonds. The van der Waals surface area contributed by atoms with E-state index < -0.39 is 17.1 Å². The number of hydrogen-bond donors (Lipinski definition) is 1. The maximum atomic E-state index is 12.3. The van der Waals surface area contributed by atoms with Gasteiger partial charge in [0.1, 0.15) is 5.60 Å². The van der Waals surface area contributed by atoms with Crippen LogP contribution in [0.15, 0.2) is 35.2 Å². The number of hydrogen-bond acceptors (Lipinski definition) is 4. The van der Waals surface area contributed by atoms with E-state index in [1.165, 1.54) is 16.7 Å². The Kier molecular flexibility index (Phi) is 4.77. The van der Waals surface area contributed by atoms with Crippen LogP contribution >= 0.6 is 11.8 Å². The molecule has 2 rings (SSSR count). The van der Waals surface area contributed by atoms with Gasteiger partial charge in [-0.3, -0.25) is 9.69 Å².